The van der Waals surface area contributed by atoms with Gasteiger partial charge in [0.15, 0.2) is 5.78 Å². The molecule has 0 aliphatic carbocycles. The van der Waals surface area contributed by atoms with Crippen molar-refractivity contribution >= 4 is 35.3 Å². The highest BCUT2D eigenvalue weighted by atomic mass is 32.2. The second kappa shape index (κ2) is 7.31. The van der Waals surface area contributed by atoms with Gasteiger partial charge in [-0.15, -0.1) is 11.8 Å². The average Bonchev–Trinajstić information content (AvgIpc) is 2.38. The lowest BCUT2D eigenvalue weighted by molar-refractivity contribution is -0.149. The topological polar surface area (TPSA) is 43.4 Å². The Kier molecular flexibility index (Phi) is 6.41. The first-order valence-corrected chi connectivity index (χ1v) is 8.10. The second-order valence-corrected chi connectivity index (χ2v) is 6.59. The van der Waals surface area contributed by atoms with Crippen LogP contribution in [0.25, 0.3) is 0 Å². The van der Waals surface area contributed by atoms with Gasteiger partial charge in [0.25, 0.3) is 0 Å². The molecule has 0 saturated carbocycles. The zero-order chi connectivity index (χ0) is 12.8. The van der Waals surface area contributed by atoms with E-state index in [0.29, 0.717) is 11.7 Å². The summed E-state index contributed by atoms with van der Waals surface area (Å²) in [5, 5.41) is 0.308. The maximum atomic E-state index is 12.4. The third-order valence-corrected chi connectivity index (χ3v) is 6.23. The van der Waals surface area contributed by atoms with Gasteiger partial charge in [-0.05, 0) is 12.8 Å². The summed E-state index contributed by atoms with van der Waals surface area (Å²) in [5.41, 5.74) is 0. The number of rotatable bonds is 5. The molecule has 17 heavy (non-hydrogen) atoms. The van der Waals surface area contributed by atoms with Gasteiger partial charge in [0.2, 0.25) is 0 Å². The van der Waals surface area contributed by atoms with Crippen molar-refractivity contribution in [1.82, 2.24) is 0 Å². The van der Waals surface area contributed by atoms with Crippen molar-refractivity contribution in [2.75, 3.05) is 18.6 Å². The SMILES string of the molecule is CCC(C(=O)OC)C(=O)C1SCCSC1CC. The lowest BCUT2D eigenvalue weighted by Crippen LogP contribution is -2.39. The van der Waals surface area contributed by atoms with Crippen LogP contribution in [0.3, 0.4) is 0 Å². The molecule has 3 atom stereocenters. The van der Waals surface area contributed by atoms with Gasteiger partial charge in [0, 0.05) is 16.8 Å². The van der Waals surface area contributed by atoms with Crippen LogP contribution in [0.1, 0.15) is 26.7 Å². The first kappa shape index (κ1) is 14.9. The van der Waals surface area contributed by atoms with Crippen LogP contribution in [0.5, 0.6) is 0 Å². The highest BCUT2D eigenvalue weighted by molar-refractivity contribution is 8.07. The number of hydrogen-bond donors (Lipinski definition) is 0. The molecule has 0 aromatic heterocycles. The van der Waals surface area contributed by atoms with Crippen molar-refractivity contribution in [3.8, 4) is 0 Å². The molecular weight excluding hydrogens is 256 g/mol. The Hall–Kier alpha value is -0.160. The summed E-state index contributed by atoms with van der Waals surface area (Å²) in [6, 6.07) is 0. The highest BCUT2D eigenvalue weighted by Gasteiger charge is 2.37. The minimum atomic E-state index is -0.578. The van der Waals surface area contributed by atoms with Crippen molar-refractivity contribution in [3.63, 3.8) is 0 Å². The lowest BCUT2D eigenvalue weighted by atomic mass is 9.96. The number of ether oxygens (including phenoxy) is 1. The van der Waals surface area contributed by atoms with Gasteiger partial charge in [-0.1, -0.05) is 13.8 Å². The molecule has 1 aliphatic rings. The maximum absolute atomic E-state index is 12.4. The summed E-state index contributed by atoms with van der Waals surface area (Å²) >= 11 is 3.55. The number of carbonyl (C=O) groups is 2. The van der Waals surface area contributed by atoms with Gasteiger partial charge in [0.1, 0.15) is 5.92 Å². The minimum absolute atomic E-state index is 0.0391. The minimum Gasteiger partial charge on any atom is -0.468 e. The van der Waals surface area contributed by atoms with Crippen LogP contribution in [0.2, 0.25) is 0 Å². The number of carbonyl (C=O) groups excluding carboxylic acids is 2. The maximum Gasteiger partial charge on any atom is 0.316 e. The van der Waals surface area contributed by atoms with Crippen LogP contribution in [0.15, 0.2) is 0 Å². The molecule has 1 saturated heterocycles. The lowest BCUT2D eigenvalue weighted by Gasteiger charge is -2.30. The fourth-order valence-electron chi connectivity index (χ4n) is 1.99. The largest absolute Gasteiger partial charge is 0.468 e. The molecule has 0 radical (unpaired) electrons. The van der Waals surface area contributed by atoms with E-state index in [1.54, 1.807) is 11.8 Å². The summed E-state index contributed by atoms with van der Waals surface area (Å²) in [6.45, 7) is 3.96. The fraction of sp³-hybridized carbons (Fsp3) is 0.833. The second-order valence-electron chi connectivity index (χ2n) is 4.00. The van der Waals surface area contributed by atoms with Gasteiger partial charge >= 0.3 is 5.97 Å². The van der Waals surface area contributed by atoms with E-state index >= 15 is 0 Å². The molecule has 0 spiro atoms. The summed E-state index contributed by atoms with van der Waals surface area (Å²) in [5.74, 6) is 1.19. The van der Waals surface area contributed by atoms with Crippen molar-refractivity contribution in [2.45, 2.75) is 37.2 Å². The summed E-state index contributed by atoms with van der Waals surface area (Å²) < 4.78 is 4.71. The Morgan fingerprint density at radius 3 is 2.47 bits per heavy atom. The fourth-order valence-corrected chi connectivity index (χ4v) is 5.07. The monoisotopic (exact) mass is 276 g/mol. The molecule has 0 N–H and O–H groups in total. The third-order valence-electron chi connectivity index (χ3n) is 2.97. The Balaban J connectivity index is 2.74. The molecule has 0 amide bonds. The summed E-state index contributed by atoms with van der Waals surface area (Å²) in [7, 11) is 1.35. The van der Waals surface area contributed by atoms with Crippen molar-refractivity contribution < 1.29 is 14.3 Å². The van der Waals surface area contributed by atoms with E-state index < -0.39 is 5.92 Å². The molecule has 3 unspecified atom stereocenters. The van der Waals surface area contributed by atoms with Crippen LogP contribution in [0.4, 0.5) is 0 Å². The van der Waals surface area contributed by atoms with Crippen LogP contribution < -0.4 is 0 Å². The van der Waals surface area contributed by atoms with Crippen molar-refractivity contribution in [1.29, 1.82) is 0 Å². The average molecular weight is 276 g/mol. The Morgan fingerprint density at radius 1 is 1.29 bits per heavy atom. The van der Waals surface area contributed by atoms with Crippen molar-refractivity contribution in [2.24, 2.45) is 5.92 Å². The number of esters is 1. The normalized spacial score (nSPS) is 26.3. The molecule has 0 aromatic carbocycles. The van der Waals surface area contributed by atoms with Crippen LogP contribution in [0, 0.1) is 5.92 Å². The Bertz CT molecular complexity index is 281. The zero-order valence-electron chi connectivity index (χ0n) is 10.6. The van der Waals surface area contributed by atoms with Crippen molar-refractivity contribution in [3.05, 3.63) is 0 Å². The molecule has 1 rings (SSSR count). The Labute approximate surface area is 111 Å². The molecule has 1 fully saturated rings. The third kappa shape index (κ3) is 3.65. The van der Waals surface area contributed by atoms with Gasteiger partial charge in [0.05, 0.1) is 12.4 Å². The van der Waals surface area contributed by atoms with E-state index in [9.17, 15) is 9.59 Å². The van der Waals surface area contributed by atoms with Gasteiger partial charge in [-0.3, -0.25) is 9.59 Å². The van der Waals surface area contributed by atoms with E-state index in [-0.39, 0.29) is 17.0 Å². The van der Waals surface area contributed by atoms with E-state index in [1.807, 2.05) is 18.7 Å². The van der Waals surface area contributed by atoms with Crippen LogP contribution in [-0.4, -0.2) is 40.9 Å². The molecule has 1 heterocycles. The first-order valence-electron chi connectivity index (χ1n) is 6.00. The smallest absolute Gasteiger partial charge is 0.316 e. The van der Waals surface area contributed by atoms with E-state index in [0.717, 1.165) is 17.9 Å². The molecular formula is C12H20O3S2. The quantitative estimate of drug-likeness (QED) is 0.570. The van der Waals surface area contributed by atoms with E-state index in [4.69, 9.17) is 4.74 Å². The van der Waals surface area contributed by atoms with Gasteiger partial charge < -0.3 is 4.74 Å². The zero-order valence-corrected chi connectivity index (χ0v) is 12.2. The molecule has 3 nitrogen and oxygen atoms in total. The number of Topliss-reactive ketones (excluding diaryl/α,β-unsaturated/α-hetero) is 1. The summed E-state index contributed by atoms with van der Waals surface area (Å²) in [4.78, 5) is 23.9. The highest BCUT2D eigenvalue weighted by Crippen LogP contribution is 2.35. The predicted molar refractivity (Wildman–Crippen MR) is 73.6 cm³/mol. The number of thioether (sulfide) groups is 2. The number of methoxy groups -OCH3 is 1. The molecule has 98 valence electrons. The Morgan fingerprint density at radius 2 is 1.94 bits per heavy atom. The van der Waals surface area contributed by atoms with E-state index in [2.05, 4.69) is 6.92 Å². The number of ketones is 1. The van der Waals surface area contributed by atoms with Gasteiger partial charge in [-0.25, -0.2) is 0 Å². The van der Waals surface area contributed by atoms with Crippen LogP contribution >= 0.6 is 23.5 Å². The van der Waals surface area contributed by atoms with Crippen LogP contribution in [-0.2, 0) is 14.3 Å². The van der Waals surface area contributed by atoms with Gasteiger partial charge in [-0.2, -0.15) is 11.8 Å². The molecule has 1 aliphatic heterocycles. The van der Waals surface area contributed by atoms with E-state index in [1.165, 1.54) is 7.11 Å². The standard InChI is InChI=1S/C12H20O3S2/c1-4-8(12(14)15-3)10(13)11-9(5-2)16-6-7-17-11/h8-9,11H,4-7H2,1-3H3. The molecule has 0 aromatic rings. The molecule has 5 heteroatoms. The number of hydrogen-bond acceptors (Lipinski definition) is 5. The first-order chi connectivity index (χ1) is 8.15. The summed E-state index contributed by atoms with van der Waals surface area (Å²) in [6.07, 6.45) is 1.51. The predicted octanol–water partition coefficient (Wildman–Crippen LogP) is 2.38. The molecule has 0 bridgehead atoms.